The van der Waals surface area contributed by atoms with Gasteiger partial charge in [0.15, 0.2) is 0 Å². The number of rotatable bonds is 8. The molecule has 2 N–H and O–H groups in total. The topological polar surface area (TPSA) is 69.4 Å². The maximum absolute atomic E-state index is 11.5. The van der Waals surface area contributed by atoms with Gasteiger partial charge < -0.3 is 15.3 Å². The van der Waals surface area contributed by atoms with Gasteiger partial charge in [-0.1, -0.05) is 26.7 Å². The number of esters is 1. The van der Waals surface area contributed by atoms with E-state index in [9.17, 15) is 9.59 Å². The van der Waals surface area contributed by atoms with Gasteiger partial charge >= 0.3 is 5.97 Å². The molecule has 0 aromatic rings. The molecule has 0 aromatic carbocycles. The number of carbonyl (C=O) groups is 2. The summed E-state index contributed by atoms with van der Waals surface area (Å²) in [5.74, 6) is -0.269. The van der Waals surface area contributed by atoms with Crippen LogP contribution in [0.25, 0.3) is 0 Å². The summed E-state index contributed by atoms with van der Waals surface area (Å²) in [7, 11) is 0. The molecule has 4 nitrogen and oxygen atoms in total. The third-order valence-corrected chi connectivity index (χ3v) is 2.20. The highest BCUT2D eigenvalue weighted by Crippen LogP contribution is 2.15. The normalized spacial score (nSPS) is 12.5. The lowest BCUT2D eigenvalue weighted by atomic mass is 9.99. The Balaban J connectivity index is 3.95. The van der Waals surface area contributed by atoms with Crippen LogP contribution in [0.2, 0.25) is 0 Å². The number of ether oxygens (including phenoxy) is 1. The van der Waals surface area contributed by atoms with E-state index in [0.717, 1.165) is 25.7 Å². The van der Waals surface area contributed by atoms with Gasteiger partial charge in [0.2, 0.25) is 0 Å². The molecule has 0 bridgehead atoms. The van der Waals surface area contributed by atoms with Crippen molar-refractivity contribution in [2.24, 2.45) is 11.7 Å². The van der Waals surface area contributed by atoms with Crippen LogP contribution < -0.4 is 5.73 Å². The van der Waals surface area contributed by atoms with Crippen LogP contribution in [0.5, 0.6) is 0 Å². The fourth-order valence-electron chi connectivity index (χ4n) is 1.41. The summed E-state index contributed by atoms with van der Waals surface area (Å²) in [4.78, 5) is 21.8. The van der Waals surface area contributed by atoms with Crippen molar-refractivity contribution < 1.29 is 14.3 Å². The lowest BCUT2D eigenvalue weighted by molar-refractivity contribution is -0.149. The monoisotopic (exact) mass is 215 g/mol. The Morgan fingerprint density at radius 3 is 2.27 bits per heavy atom. The van der Waals surface area contributed by atoms with Crippen molar-refractivity contribution in [1.29, 1.82) is 0 Å². The molecule has 0 fully saturated rings. The van der Waals surface area contributed by atoms with Gasteiger partial charge in [0.05, 0.1) is 12.0 Å². The summed E-state index contributed by atoms with van der Waals surface area (Å²) >= 11 is 0. The molecule has 0 aliphatic carbocycles. The number of nitrogens with two attached hydrogens (primary N) is 1. The molecule has 0 aromatic heterocycles. The maximum Gasteiger partial charge on any atom is 0.308 e. The summed E-state index contributed by atoms with van der Waals surface area (Å²) in [6.07, 6.45) is 4.17. The van der Waals surface area contributed by atoms with E-state index < -0.39 is 6.04 Å². The first kappa shape index (κ1) is 14.1. The maximum atomic E-state index is 11.5. The molecule has 0 spiro atoms. The first-order chi connectivity index (χ1) is 7.15. The predicted octanol–water partition coefficient (Wildman–Crippen LogP) is 1.27. The molecule has 88 valence electrons. The highest BCUT2D eigenvalue weighted by molar-refractivity contribution is 5.72. The van der Waals surface area contributed by atoms with Gasteiger partial charge in [-0.05, 0) is 12.8 Å². The van der Waals surface area contributed by atoms with E-state index in [2.05, 4.69) is 0 Å². The highest BCUT2D eigenvalue weighted by atomic mass is 16.5. The van der Waals surface area contributed by atoms with Gasteiger partial charge in [0.1, 0.15) is 12.9 Å². The van der Waals surface area contributed by atoms with Crippen LogP contribution in [0.4, 0.5) is 0 Å². The molecule has 15 heavy (non-hydrogen) atoms. The first-order valence-electron chi connectivity index (χ1n) is 5.53. The fraction of sp³-hybridized carbons (Fsp3) is 0.818. The lowest BCUT2D eigenvalue weighted by Crippen LogP contribution is -2.30. The van der Waals surface area contributed by atoms with Crippen molar-refractivity contribution in [2.75, 3.05) is 6.61 Å². The zero-order valence-corrected chi connectivity index (χ0v) is 9.57. The van der Waals surface area contributed by atoms with Gasteiger partial charge in [-0.3, -0.25) is 4.79 Å². The molecule has 4 heteroatoms. The standard InChI is InChI=1S/C11H21NO3/c1-3-5-9(6-4-2)11(14)15-8-10(12)7-13/h7,9-10H,3-6,8,12H2,1-2H3/t10-/m1/s1. The molecular weight excluding hydrogens is 194 g/mol. The summed E-state index contributed by atoms with van der Waals surface area (Å²) in [5.41, 5.74) is 5.32. The van der Waals surface area contributed by atoms with Gasteiger partial charge in [-0.15, -0.1) is 0 Å². The Morgan fingerprint density at radius 1 is 1.33 bits per heavy atom. The first-order valence-corrected chi connectivity index (χ1v) is 5.53. The lowest BCUT2D eigenvalue weighted by Gasteiger charge is -2.14. The van der Waals surface area contributed by atoms with Crippen LogP contribution in [-0.4, -0.2) is 24.9 Å². The molecule has 0 unspecified atom stereocenters. The average molecular weight is 215 g/mol. The minimum atomic E-state index is -0.696. The van der Waals surface area contributed by atoms with E-state index in [-0.39, 0.29) is 18.5 Å². The Kier molecular flexibility index (Phi) is 7.91. The Labute approximate surface area is 91.2 Å². The van der Waals surface area contributed by atoms with Crippen LogP contribution in [0.3, 0.4) is 0 Å². The molecule has 0 aliphatic rings. The Hall–Kier alpha value is -0.900. The third-order valence-electron chi connectivity index (χ3n) is 2.20. The van der Waals surface area contributed by atoms with Crippen molar-refractivity contribution in [3.8, 4) is 0 Å². The molecule has 0 heterocycles. The van der Waals surface area contributed by atoms with E-state index in [0.29, 0.717) is 6.29 Å². The number of hydrogen-bond acceptors (Lipinski definition) is 4. The number of hydrogen-bond donors (Lipinski definition) is 1. The zero-order valence-electron chi connectivity index (χ0n) is 9.57. The molecular formula is C11H21NO3. The van der Waals surface area contributed by atoms with E-state index in [1.807, 2.05) is 13.8 Å². The zero-order chi connectivity index (χ0) is 11.7. The Morgan fingerprint density at radius 2 is 1.87 bits per heavy atom. The quantitative estimate of drug-likeness (QED) is 0.489. The number of aldehydes is 1. The van der Waals surface area contributed by atoms with Crippen molar-refractivity contribution >= 4 is 12.3 Å². The largest absolute Gasteiger partial charge is 0.463 e. The van der Waals surface area contributed by atoms with Crippen molar-refractivity contribution in [2.45, 2.75) is 45.6 Å². The second-order valence-corrected chi connectivity index (χ2v) is 3.70. The highest BCUT2D eigenvalue weighted by Gasteiger charge is 2.18. The molecule has 0 rings (SSSR count). The second kappa shape index (κ2) is 8.41. The number of carbonyl (C=O) groups excluding carboxylic acids is 2. The minimum absolute atomic E-state index is 0.00768. The molecule has 0 amide bonds. The van der Waals surface area contributed by atoms with E-state index in [4.69, 9.17) is 10.5 Å². The van der Waals surface area contributed by atoms with Crippen molar-refractivity contribution in [1.82, 2.24) is 0 Å². The molecule has 1 atom stereocenters. The van der Waals surface area contributed by atoms with E-state index in [1.54, 1.807) is 0 Å². The van der Waals surface area contributed by atoms with Crippen LogP contribution >= 0.6 is 0 Å². The molecule has 0 saturated heterocycles. The Bertz CT molecular complexity index is 188. The predicted molar refractivity (Wildman–Crippen MR) is 58.3 cm³/mol. The van der Waals surface area contributed by atoms with Crippen molar-refractivity contribution in [3.05, 3.63) is 0 Å². The molecule has 0 aliphatic heterocycles. The van der Waals surface area contributed by atoms with E-state index >= 15 is 0 Å². The summed E-state index contributed by atoms with van der Waals surface area (Å²) < 4.78 is 4.97. The minimum Gasteiger partial charge on any atom is -0.463 e. The van der Waals surface area contributed by atoms with E-state index in [1.165, 1.54) is 0 Å². The smallest absolute Gasteiger partial charge is 0.308 e. The summed E-state index contributed by atoms with van der Waals surface area (Å²) in [6, 6.07) is -0.696. The SMILES string of the molecule is CCCC(CCC)C(=O)OC[C@H](N)C=O. The van der Waals surface area contributed by atoms with Crippen LogP contribution in [-0.2, 0) is 14.3 Å². The third kappa shape index (κ3) is 6.23. The van der Waals surface area contributed by atoms with Crippen molar-refractivity contribution in [3.63, 3.8) is 0 Å². The average Bonchev–Trinajstić information content (AvgIpc) is 2.25. The summed E-state index contributed by atoms with van der Waals surface area (Å²) in [6.45, 7) is 4.06. The van der Waals surface area contributed by atoms with Gasteiger partial charge in [0.25, 0.3) is 0 Å². The van der Waals surface area contributed by atoms with Gasteiger partial charge in [0, 0.05) is 0 Å². The summed E-state index contributed by atoms with van der Waals surface area (Å²) in [5, 5.41) is 0. The molecule has 0 saturated carbocycles. The van der Waals surface area contributed by atoms with Crippen LogP contribution in [0, 0.1) is 5.92 Å². The molecule has 0 radical (unpaired) electrons. The fourth-order valence-corrected chi connectivity index (χ4v) is 1.41. The van der Waals surface area contributed by atoms with Gasteiger partial charge in [-0.2, -0.15) is 0 Å². The van der Waals surface area contributed by atoms with Crippen LogP contribution in [0.1, 0.15) is 39.5 Å². The second-order valence-electron chi connectivity index (χ2n) is 3.70. The van der Waals surface area contributed by atoms with Gasteiger partial charge in [-0.25, -0.2) is 0 Å². The van der Waals surface area contributed by atoms with Crippen LogP contribution in [0.15, 0.2) is 0 Å².